The van der Waals surface area contributed by atoms with Gasteiger partial charge >= 0.3 is 0 Å². The fraction of sp³-hybridized carbons (Fsp3) is 0.167. The minimum absolute atomic E-state index is 0.0566. The van der Waals surface area contributed by atoms with Gasteiger partial charge in [0.1, 0.15) is 17.5 Å². The summed E-state index contributed by atoms with van der Waals surface area (Å²) in [6.07, 6.45) is 5.03. The molecule has 122 valence electrons. The molecule has 0 aliphatic carbocycles. The molecule has 1 aliphatic rings. The van der Waals surface area contributed by atoms with Gasteiger partial charge in [-0.15, -0.1) is 0 Å². The molecular formula is C18H16N2O3S. The van der Waals surface area contributed by atoms with Gasteiger partial charge in [0.05, 0.1) is 11.8 Å². The molecule has 2 aromatic heterocycles. The minimum Gasteiger partial charge on any atom is -0.460 e. The number of pyridine rings is 1. The Kier molecular flexibility index (Phi) is 3.42. The number of rotatable bonds is 3. The van der Waals surface area contributed by atoms with Crippen molar-refractivity contribution in [1.82, 2.24) is 4.98 Å². The Balaban J connectivity index is 1.65. The smallest absolute Gasteiger partial charge is 0.173 e. The van der Waals surface area contributed by atoms with E-state index < -0.39 is 9.84 Å². The van der Waals surface area contributed by atoms with Crippen LogP contribution in [0.3, 0.4) is 0 Å². The Labute approximate surface area is 139 Å². The van der Waals surface area contributed by atoms with Crippen molar-refractivity contribution in [2.45, 2.75) is 13.0 Å². The van der Waals surface area contributed by atoms with Crippen molar-refractivity contribution in [2.75, 3.05) is 11.1 Å². The normalized spacial score (nSPS) is 19.0. The van der Waals surface area contributed by atoms with Crippen LogP contribution in [0.25, 0.3) is 22.2 Å². The van der Waals surface area contributed by atoms with E-state index >= 15 is 0 Å². The zero-order valence-electron chi connectivity index (χ0n) is 13.1. The maximum atomic E-state index is 11.5. The molecule has 3 heterocycles. The zero-order chi connectivity index (χ0) is 16.7. The molecule has 1 unspecified atom stereocenters. The predicted octanol–water partition coefficient (Wildman–Crippen LogP) is 3.53. The molecule has 4 rings (SSSR count). The second-order valence-corrected chi connectivity index (χ2v) is 7.93. The minimum atomic E-state index is -3.09. The fourth-order valence-electron chi connectivity index (χ4n) is 2.87. The highest BCUT2D eigenvalue weighted by Crippen LogP contribution is 2.29. The Morgan fingerprint density at radius 2 is 2.12 bits per heavy atom. The summed E-state index contributed by atoms with van der Waals surface area (Å²) in [5.41, 5.74) is 5.32. The third-order valence-electron chi connectivity index (χ3n) is 4.03. The lowest BCUT2D eigenvalue weighted by molar-refractivity contribution is 0.604. The summed E-state index contributed by atoms with van der Waals surface area (Å²) in [6, 6.07) is 9.88. The van der Waals surface area contributed by atoms with E-state index in [2.05, 4.69) is 16.4 Å². The molecule has 0 amide bonds. The average Bonchev–Trinajstić information content (AvgIpc) is 3.10. The Hall–Kier alpha value is -2.60. The van der Waals surface area contributed by atoms with Gasteiger partial charge in [0, 0.05) is 17.2 Å². The van der Waals surface area contributed by atoms with Crippen molar-refractivity contribution in [3.05, 3.63) is 59.8 Å². The van der Waals surface area contributed by atoms with Crippen LogP contribution < -0.4 is 5.32 Å². The number of aromatic nitrogens is 1. The summed E-state index contributed by atoms with van der Waals surface area (Å²) in [6.45, 7) is 2.05. The molecule has 0 radical (unpaired) electrons. The van der Waals surface area contributed by atoms with E-state index in [1.165, 1.54) is 11.0 Å². The number of hydrogen-bond donors (Lipinski definition) is 1. The monoisotopic (exact) mass is 340 g/mol. The molecule has 0 saturated carbocycles. The number of nitrogens with one attached hydrogen (secondary N) is 1. The molecule has 5 nitrogen and oxygen atoms in total. The SMILES string of the molecule is Cc1cccc(-c2cnc3c(NC4C=CS(=O)(=O)C4)coc3c2)c1. The largest absolute Gasteiger partial charge is 0.460 e. The van der Waals surface area contributed by atoms with Crippen LogP contribution in [0.1, 0.15) is 5.56 Å². The Bertz CT molecular complexity index is 1050. The maximum Gasteiger partial charge on any atom is 0.173 e. The standard InChI is InChI=1S/C18H16N2O3S/c1-12-3-2-4-13(7-12)14-8-17-18(19-9-14)16(10-23-17)20-15-5-6-24(21,22)11-15/h2-10,15,20H,11H2,1H3. The zero-order valence-corrected chi connectivity index (χ0v) is 13.9. The first-order chi connectivity index (χ1) is 11.5. The van der Waals surface area contributed by atoms with Crippen LogP contribution >= 0.6 is 0 Å². The van der Waals surface area contributed by atoms with Crippen LogP contribution in [-0.4, -0.2) is 25.2 Å². The molecular weight excluding hydrogens is 324 g/mol. The van der Waals surface area contributed by atoms with Crippen molar-refractivity contribution in [2.24, 2.45) is 0 Å². The molecule has 3 aromatic rings. The summed E-state index contributed by atoms with van der Waals surface area (Å²) >= 11 is 0. The Morgan fingerprint density at radius 3 is 2.88 bits per heavy atom. The number of furan rings is 1. The first-order valence-corrected chi connectivity index (χ1v) is 9.33. The van der Waals surface area contributed by atoms with Crippen LogP contribution in [0.15, 0.2) is 58.7 Å². The third-order valence-corrected chi connectivity index (χ3v) is 5.43. The third kappa shape index (κ3) is 2.80. The van der Waals surface area contributed by atoms with Gasteiger partial charge in [0.25, 0.3) is 0 Å². The van der Waals surface area contributed by atoms with Gasteiger partial charge < -0.3 is 9.73 Å². The highest BCUT2D eigenvalue weighted by atomic mass is 32.2. The number of nitrogens with zero attached hydrogens (tertiary/aromatic N) is 1. The van der Waals surface area contributed by atoms with Crippen molar-refractivity contribution in [1.29, 1.82) is 0 Å². The predicted molar refractivity (Wildman–Crippen MR) is 94.5 cm³/mol. The first-order valence-electron chi connectivity index (χ1n) is 7.62. The van der Waals surface area contributed by atoms with Crippen LogP contribution in [0.5, 0.6) is 0 Å². The summed E-state index contributed by atoms with van der Waals surface area (Å²) in [4.78, 5) is 4.50. The van der Waals surface area contributed by atoms with Crippen molar-refractivity contribution in [3.63, 3.8) is 0 Å². The highest BCUT2D eigenvalue weighted by molar-refractivity contribution is 7.94. The average molecular weight is 340 g/mol. The number of benzene rings is 1. The molecule has 0 bridgehead atoms. The molecule has 6 heteroatoms. The van der Waals surface area contributed by atoms with Crippen molar-refractivity contribution < 1.29 is 12.8 Å². The lowest BCUT2D eigenvalue weighted by Crippen LogP contribution is -2.20. The number of fused-ring (bicyclic) bond motifs is 1. The number of aryl methyl sites for hydroxylation is 1. The van der Waals surface area contributed by atoms with Crippen molar-refractivity contribution >= 4 is 26.6 Å². The second kappa shape index (κ2) is 5.49. The van der Waals surface area contributed by atoms with E-state index in [1.807, 2.05) is 31.2 Å². The van der Waals surface area contributed by atoms with Gasteiger partial charge in [-0.2, -0.15) is 0 Å². The van der Waals surface area contributed by atoms with Gasteiger partial charge in [-0.3, -0.25) is 0 Å². The van der Waals surface area contributed by atoms with E-state index in [0.29, 0.717) is 16.8 Å². The molecule has 24 heavy (non-hydrogen) atoms. The number of hydrogen-bond acceptors (Lipinski definition) is 5. The molecule has 1 aromatic carbocycles. The fourth-order valence-corrected chi connectivity index (χ4v) is 4.10. The van der Waals surface area contributed by atoms with Crippen LogP contribution in [-0.2, 0) is 9.84 Å². The molecule has 0 spiro atoms. The van der Waals surface area contributed by atoms with E-state index in [0.717, 1.165) is 11.1 Å². The van der Waals surface area contributed by atoms with Crippen molar-refractivity contribution in [3.8, 4) is 11.1 Å². The molecule has 1 aliphatic heterocycles. The molecule has 0 fully saturated rings. The summed E-state index contributed by atoms with van der Waals surface area (Å²) in [5.74, 6) is 0.0566. The Morgan fingerprint density at radius 1 is 1.25 bits per heavy atom. The van der Waals surface area contributed by atoms with Gasteiger partial charge in [-0.05, 0) is 18.6 Å². The first kappa shape index (κ1) is 15.0. The summed E-state index contributed by atoms with van der Waals surface area (Å²) in [5, 5.41) is 4.41. The molecule has 0 saturated heterocycles. The van der Waals surface area contributed by atoms with Crippen LogP contribution in [0.2, 0.25) is 0 Å². The number of sulfone groups is 1. The van der Waals surface area contributed by atoms with E-state index in [4.69, 9.17) is 4.42 Å². The van der Waals surface area contributed by atoms with E-state index in [1.54, 1.807) is 18.5 Å². The maximum absolute atomic E-state index is 11.5. The lowest BCUT2D eigenvalue weighted by Gasteiger charge is -2.09. The number of anilines is 1. The van der Waals surface area contributed by atoms with Crippen LogP contribution in [0.4, 0.5) is 5.69 Å². The molecule has 1 N–H and O–H groups in total. The topological polar surface area (TPSA) is 72.2 Å². The quantitative estimate of drug-likeness (QED) is 0.790. The van der Waals surface area contributed by atoms with Gasteiger partial charge in [0.15, 0.2) is 15.4 Å². The molecule has 1 atom stereocenters. The van der Waals surface area contributed by atoms with Gasteiger partial charge in [-0.25, -0.2) is 13.4 Å². The van der Waals surface area contributed by atoms with Gasteiger partial charge in [0.2, 0.25) is 0 Å². The van der Waals surface area contributed by atoms with Gasteiger partial charge in [-0.1, -0.05) is 35.9 Å². The second-order valence-electron chi connectivity index (χ2n) is 6.00. The summed E-state index contributed by atoms with van der Waals surface area (Å²) < 4.78 is 28.6. The highest BCUT2D eigenvalue weighted by Gasteiger charge is 2.22. The van der Waals surface area contributed by atoms with E-state index in [-0.39, 0.29) is 11.8 Å². The summed E-state index contributed by atoms with van der Waals surface area (Å²) in [7, 11) is -3.09. The van der Waals surface area contributed by atoms with Crippen LogP contribution in [0, 0.1) is 6.92 Å². The lowest BCUT2D eigenvalue weighted by atomic mass is 10.1. The van der Waals surface area contributed by atoms with E-state index in [9.17, 15) is 8.42 Å².